The molecule has 0 unspecified atom stereocenters. The number of carbonyl (C=O) groups is 2. The van der Waals surface area contributed by atoms with Crippen LogP contribution in [0.25, 0.3) is 0 Å². The highest BCUT2D eigenvalue weighted by molar-refractivity contribution is 5.80. The van der Waals surface area contributed by atoms with Gasteiger partial charge in [0.05, 0.1) is 6.54 Å². The Morgan fingerprint density at radius 2 is 2.21 bits per heavy atom. The number of hydrogen-bond donors (Lipinski definition) is 0. The maximum Gasteiger partial charge on any atom is 0.237 e. The Kier molecular flexibility index (Phi) is 2.54. The summed E-state index contributed by atoms with van der Waals surface area (Å²) in [4.78, 5) is 22.7. The fourth-order valence-corrected chi connectivity index (χ4v) is 1.96. The van der Waals surface area contributed by atoms with E-state index in [0.29, 0.717) is 19.0 Å². The molecule has 1 saturated carbocycles. The Morgan fingerprint density at radius 1 is 1.50 bits per heavy atom. The smallest absolute Gasteiger partial charge is 0.237 e. The van der Waals surface area contributed by atoms with Crippen LogP contribution in [0.3, 0.4) is 0 Å². The van der Waals surface area contributed by atoms with Gasteiger partial charge in [0.25, 0.3) is 0 Å². The molecule has 1 saturated heterocycles. The van der Waals surface area contributed by atoms with Gasteiger partial charge < -0.3 is 0 Å². The summed E-state index contributed by atoms with van der Waals surface area (Å²) >= 11 is 0. The van der Waals surface area contributed by atoms with Crippen LogP contribution in [0.2, 0.25) is 0 Å². The van der Waals surface area contributed by atoms with Gasteiger partial charge in [-0.2, -0.15) is 0 Å². The van der Waals surface area contributed by atoms with Crippen molar-refractivity contribution < 1.29 is 9.59 Å². The van der Waals surface area contributed by atoms with Crippen molar-refractivity contribution in [2.45, 2.75) is 38.6 Å². The molecular weight excluding hydrogens is 180 g/mol. The van der Waals surface area contributed by atoms with Gasteiger partial charge in [0, 0.05) is 19.0 Å². The molecule has 14 heavy (non-hydrogen) atoms. The summed E-state index contributed by atoms with van der Waals surface area (Å²) in [6.07, 6.45) is 3.72. The molecule has 1 amide bonds. The van der Waals surface area contributed by atoms with Crippen molar-refractivity contribution >= 4 is 11.7 Å². The van der Waals surface area contributed by atoms with E-state index in [-0.39, 0.29) is 11.7 Å². The van der Waals surface area contributed by atoms with E-state index in [9.17, 15) is 9.59 Å². The van der Waals surface area contributed by atoms with E-state index in [0.717, 1.165) is 25.8 Å². The van der Waals surface area contributed by atoms with Crippen molar-refractivity contribution in [2.75, 3.05) is 13.1 Å². The number of carbonyl (C=O) groups excluding carboxylic acids is 2. The Labute approximate surface area is 83.8 Å². The van der Waals surface area contributed by atoms with Gasteiger partial charge >= 0.3 is 0 Å². The Bertz CT molecular complexity index is 261. The van der Waals surface area contributed by atoms with Gasteiger partial charge in [-0.1, -0.05) is 0 Å². The molecule has 1 aliphatic carbocycles. The van der Waals surface area contributed by atoms with Crippen LogP contribution in [-0.4, -0.2) is 40.8 Å². The number of nitrogens with zero attached hydrogens (tertiary/aromatic N) is 2. The van der Waals surface area contributed by atoms with Crippen molar-refractivity contribution in [1.29, 1.82) is 0 Å². The molecule has 0 aromatic rings. The van der Waals surface area contributed by atoms with Crippen LogP contribution in [0.15, 0.2) is 0 Å². The number of ketones is 1. The standard InChI is InChI=1S/C10H16N2O2/c1-8(13)7-11-6-2-3-10(14)12(11)9-4-5-9/h9H,2-7H2,1H3. The van der Waals surface area contributed by atoms with Gasteiger partial charge in [0.2, 0.25) is 5.91 Å². The molecule has 0 atom stereocenters. The molecule has 0 bridgehead atoms. The zero-order chi connectivity index (χ0) is 10.1. The number of rotatable bonds is 3. The molecule has 1 heterocycles. The molecule has 78 valence electrons. The molecule has 2 fully saturated rings. The Hall–Kier alpha value is -0.900. The molecule has 0 spiro atoms. The highest BCUT2D eigenvalue weighted by atomic mass is 16.2. The lowest BCUT2D eigenvalue weighted by Crippen LogP contribution is -2.53. The molecule has 2 aliphatic rings. The molecular formula is C10H16N2O2. The van der Waals surface area contributed by atoms with E-state index in [1.807, 2.05) is 10.0 Å². The van der Waals surface area contributed by atoms with E-state index in [4.69, 9.17) is 0 Å². The fourth-order valence-electron chi connectivity index (χ4n) is 1.96. The summed E-state index contributed by atoms with van der Waals surface area (Å²) < 4.78 is 0. The number of Topliss-reactive ketones (excluding diaryl/α,β-unsaturated/α-hetero) is 1. The number of amides is 1. The maximum atomic E-state index is 11.6. The van der Waals surface area contributed by atoms with Gasteiger partial charge in [0.15, 0.2) is 0 Å². The van der Waals surface area contributed by atoms with Gasteiger partial charge in [-0.05, 0) is 26.2 Å². The predicted octanol–water partition coefficient (Wildman–Crippen LogP) is 0.577. The minimum atomic E-state index is 0.130. The van der Waals surface area contributed by atoms with Crippen molar-refractivity contribution in [3.63, 3.8) is 0 Å². The van der Waals surface area contributed by atoms with Crippen molar-refractivity contribution in [3.8, 4) is 0 Å². The lowest BCUT2D eigenvalue weighted by atomic mass is 10.2. The van der Waals surface area contributed by atoms with E-state index in [1.54, 1.807) is 6.92 Å². The maximum absolute atomic E-state index is 11.6. The number of hydrogen-bond acceptors (Lipinski definition) is 3. The van der Waals surface area contributed by atoms with E-state index >= 15 is 0 Å². The van der Waals surface area contributed by atoms with Crippen molar-refractivity contribution in [2.24, 2.45) is 0 Å². The molecule has 0 aromatic heterocycles. The first-order valence-electron chi connectivity index (χ1n) is 5.25. The van der Waals surface area contributed by atoms with Crippen LogP contribution in [0.5, 0.6) is 0 Å². The third-order valence-electron chi connectivity index (χ3n) is 2.67. The second-order valence-corrected chi connectivity index (χ2v) is 4.16. The topological polar surface area (TPSA) is 40.6 Å². The first-order valence-corrected chi connectivity index (χ1v) is 5.25. The van der Waals surface area contributed by atoms with Crippen LogP contribution in [0, 0.1) is 0 Å². The summed E-state index contributed by atoms with van der Waals surface area (Å²) in [5, 5.41) is 3.75. The second kappa shape index (κ2) is 3.69. The normalized spacial score (nSPS) is 24.1. The molecule has 4 nitrogen and oxygen atoms in total. The van der Waals surface area contributed by atoms with Gasteiger partial charge in [-0.25, -0.2) is 5.01 Å². The minimum Gasteiger partial charge on any atom is -0.298 e. The van der Waals surface area contributed by atoms with E-state index < -0.39 is 0 Å². The lowest BCUT2D eigenvalue weighted by Gasteiger charge is -2.38. The summed E-state index contributed by atoms with van der Waals surface area (Å²) in [5.74, 6) is 0.324. The number of hydrazine groups is 1. The van der Waals surface area contributed by atoms with Crippen LogP contribution < -0.4 is 0 Å². The fraction of sp³-hybridized carbons (Fsp3) is 0.800. The Balaban J connectivity index is 2.03. The van der Waals surface area contributed by atoms with Crippen LogP contribution in [-0.2, 0) is 9.59 Å². The summed E-state index contributed by atoms with van der Waals surface area (Å²) in [5.41, 5.74) is 0. The first kappa shape index (κ1) is 9.65. The SMILES string of the molecule is CC(=O)CN1CCCC(=O)N1C1CC1. The van der Waals surface area contributed by atoms with Gasteiger partial charge in [0.1, 0.15) is 5.78 Å². The largest absolute Gasteiger partial charge is 0.298 e. The summed E-state index contributed by atoms with van der Waals surface area (Å²) in [6.45, 7) is 2.81. The summed E-state index contributed by atoms with van der Waals surface area (Å²) in [6, 6.07) is 0.391. The minimum absolute atomic E-state index is 0.130. The lowest BCUT2D eigenvalue weighted by molar-refractivity contribution is -0.158. The average molecular weight is 196 g/mol. The second-order valence-electron chi connectivity index (χ2n) is 4.16. The quantitative estimate of drug-likeness (QED) is 0.663. The monoisotopic (exact) mass is 196 g/mol. The van der Waals surface area contributed by atoms with Crippen LogP contribution in [0.4, 0.5) is 0 Å². The molecule has 1 aliphatic heterocycles. The van der Waals surface area contributed by atoms with E-state index in [2.05, 4.69) is 0 Å². The van der Waals surface area contributed by atoms with Crippen molar-refractivity contribution in [1.82, 2.24) is 10.0 Å². The highest BCUT2D eigenvalue weighted by Gasteiger charge is 2.38. The zero-order valence-electron chi connectivity index (χ0n) is 8.53. The summed E-state index contributed by atoms with van der Waals surface area (Å²) in [7, 11) is 0. The predicted molar refractivity (Wildman–Crippen MR) is 51.4 cm³/mol. The third kappa shape index (κ3) is 1.95. The molecule has 2 rings (SSSR count). The molecule has 4 heteroatoms. The third-order valence-corrected chi connectivity index (χ3v) is 2.67. The van der Waals surface area contributed by atoms with E-state index in [1.165, 1.54) is 0 Å². The Morgan fingerprint density at radius 3 is 2.79 bits per heavy atom. The van der Waals surface area contributed by atoms with Crippen LogP contribution >= 0.6 is 0 Å². The highest BCUT2D eigenvalue weighted by Crippen LogP contribution is 2.30. The average Bonchev–Trinajstić information content (AvgIpc) is 2.86. The van der Waals surface area contributed by atoms with Gasteiger partial charge in [-0.3, -0.25) is 14.6 Å². The van der Waals surface area contributed by atoms with Crippen LogP contribution in [0.1, 0.15) is 32.6 Å². The molecule has 0 N–H and O–H groups in total. The molecule has 0 aromatic carbocycles. The van der Waals surface area contributed by atoms with Gasteiger partial charge in [-0.15, -0.1) is 0 Å². The molecule has 0 radical (unpaired) electrons. The zero-order valence-corrected chi connectivity index (χ0v) is 8.53. The first-order chi connectivity index (χ1) is 6.68. The van der Waals surface area contributed by atoms with Crippen molar-refractivity contribution in [3.05, 3.63) is 0 Å².